The molecule has 4 nitrogen and oxygen atoms in total. The van der Waals surface area contributed by atoms with Crippen LogP contribution in [-0.2, 0) is 4.74 Å². The number of likely N-dealkylation sites (N-methyl/N-ethyl adjacent to an activating group) is 1. The third-order valence-corrected chi connectivity index (χ3v) is 3.15. The predicted molar refractivity (Wildman–Crippen MR) is 74.0 cm³/mol. The number of ether oxygens (including phenoxy) is 1. The minimum absolute atomic E-state index is 0.0345. The number of esters is 1. The van der Waals surface area contributed by atoms with Crippen molar-refractivity contribution in [3.05, 3.63) is 29.3 Å². The van der Waals surface area contributed by atoms with E-state index >= 15 is 0 Å². The largest absolute Gasteiger partial charge is 0.465 e. The van der Waals surface area contributed by atoms with E-state index in [0.717, 1.165) is 7.11 Å². The molecule has 0 aromatic heterocycles. The van der Waals surface area contributed by atoms with Crippen molar-refractivity contribution < 1.29 is 18.3 Å². The zero-order valence-electron chi connectivity index (χ0n) is 12.2. The smallest absolute Gasteiger partial charge is 0.340 e. The number of methoxy groups -OCH3 is 1. The molecule has 20 heavy (non-hydrogen) atoms. The van der Waals surface area contributed by atoms with Gasteiger partial charge in [-0.3, -0.25) is 0 Å². The molecule has 0 atom stereocenters. The van der Waals surface area contributed by atoms with Crippen LogP contribution < -0.4 is 5.32 Å². The summed E-state index contributed by atoms with van der Waals surface area (Å²) >= 11 is 0. The summed E-state index contributed by atoms with van der Waals surface area (Å²) in [6, 6.07) is 2.92. The van der Waals surface area contributed by atoms with Gasteiger partial charge in [0.1, 0.15) is 0 Å². The molecule has 0 saturated heterocycles. The Morgan fingerprint density at radius 2 is 2.00 bits per heavy atom. The van der Waals surface area contributed by atoms with E-state index in [0.29, 0.717) is 19.1 Å². The Bertz CT molecular complexity index is 478. The average Bonchev–Trinajstić information content (AvgIpc) is 2.42. The zero-order chi connectivity index (χ0) is 15.3. The van der Waals surface area contributed by atoms with Gasteiger partial charge < -0.3 is 15.0 Å². The molecule has 1 rings (SSSR count). The number of rotatable bonds is 6. The minimum Gasteiger partial charge on any atom is -0.465 e. The summed E-state index contributed by atoms with van der Waals surface area (Å²) in [6.45, 7) is 5.26. The number of carbonyl (C=O) groups is 1. The highest BCUT2D eigenvalue weighted by Crippen LogP contribution is 2.21. The lowest BCUT2D eigenvalue weighted by atomic mass is 10.2. The second-order valence-electron chi connectivity index (χ2n) is 4.78. The highest BCUT2D eigenvalue weighted by Gasteiger charge is 2.18. The van der Waals surface area contributed by atoms with E-state index < -0.39 is 23.2 Å². The van der Waals surface area contributed by atoms with Crippen molar-refractivity contribution in [1.29, 1.82) is 0 Å². The predicted octanol–water partition coefficient (Wildman–Crippen LogP) is 2.50. The van der Waals surface area contributed by atoms with Gasteiger partial charge in [-0.1, -0.05) is 0 Å². The van der Waals surface area contributed by atoms with Crippen molar-refractivity contribution in [3.63, 3.8) is 0 Å². The van der Waals surface area contributed by atoms with Crippen molar-refractivity contribution in [3.8, 4) is 0 Å². The second-order valence-corrected chi connectivity index (χ2v) is 4.78. The van der Waals surface area contributed by atoms with Gasteiger partial charge in [-0.15, -0.1) is 0 Å². The highest BCUT2D eigenvalue weighted by atomic mass is 19.2. The van der Waals surface area contributed by atoms with Crippen LogP contribution in [0.4, 0.5) is 14.5 Å². The maximum atomic E-state index is 13.8. The lowest BCUT2D eigenvalue weighted by Crippen LogP contribution is -2.31. The molecule has 0 aliphatic rings. The molecule has 0 heterocycles. The maximum absolute atomic E-state index is 13.8. The summed E-state index contributed by atoms with van der Waals surface area (Å²) in [6.07, 6.45) is 0. The molecule has 0 amide bonds. The molecule has 0 spiro atoms. The van der Waals surface area contributed by atoms with Crippen LogP contribution in [0.1, 0.15) is 24.2 Å². The first-order valence-corrected chi connectivity index (χ1v) is 6.39. The van der Waals surface area contributed by atoms with Crippen LogP contribution in [-0.4, -0.2) is 44.2 Å². The van der Waals surface area contributed by atoms with E-state index in [-0.39, 0.29) is 5.69 Å². The quantitative estimate of drug-likeness (QED) is 0.816. The van der Waals surface area contributed by atoms with Gasteiger partial charge in [0.25, 0.3) is 0 Å². The number of hydrogen-bond acceptors (Lipinski definition) is 4. The van der Waals surface area contributed by atoms with Gasteiger partial charge in [0.05, 0.1) is 18.4 Å². The zero-order valence-corrected chi connectivity index (χ0v) is 12.2. The second kappa shape index (κ2) is 7.19. The normalized spacial score (nSPS) is 11.0. The van der Waals surface area contributed by atoms with Crippen molar-refractivity contribution in [2.45, 2.75) is 19.9 Å². The molecule has 0 fully saturated rings. The SMILES string of the molecule is COC(=O)c1ccc(NCCN(C)C(C)C)c(F)c1F. The molecule has 1 aromatic rings. The van der Waals surface area contributed by atoms with Crippen molar-refractivity contribution in [1.82, 2.24) is 4.90 Å². The summed E-state index contributed by atoms with van der Waals surface area (Å²) in [5.74, 6) is -3.16. The highest BCUT2D eigenvalue weighted by molar-refractivity contribution is 5.90. The Labute approximate surface area is 117 Å². The lowest BCUT2D eigenvalue weighted by Gasteiger charge is -2.21. The molecule has 0 aliphatic carbocycles. The molecular formula is C14H20F2N2O2. The first-order valence-electron chi connectivity index (χ1n) is 6.39. The minimum atomic E-state index is -1.20. The van der Waals surface area contributed by atoms with Crippen LogP contribution in [0.5, 0.6) is 0 Å². The van der Waals surface area contributed by atoms with Gasteiger partial charge in [0.15, 0.2) is 11.6 Å². The van der Waals surface area contributed by atoms with E-state index in [2.05, 4.69) is 15.0 Å². The number of nitrogens with one attached hydrogen (secondary N) is 1. The molecule has 6 heteroatoms. The van der Waals surface area contributed by atoms with Crippen LogP contribution in [0, 0.1) is 11.6 Å². The fourth-order valence-corrected chi connectivity index (χ4v) is 1.58. The fourth-order valence-electron chi connectivity index (χ4n) is 1.58. The molecule has 0 aliphatic heterocycles. The van der Waals surface area contributed by atoms with Crippen LogP contribution in [0.2, 0.25) is 0 Å². The summed E-state index contributed by atoms with van der Waals surface area (Å²) in [5.41, 5.74) is -0.373. The summed E-state index contributed by atoms with van der Waals surface area (Å²) in [4.78, 5) is 13.3. The van der Waals surface area contributed by atoms with E-state index in [9.17, 15) is 13.6 Å². The number of anilines is 1. The first-order chi connectivity index (χ1) is 9.38. The number of halogens is 2. The Morgan fingerprint density at radius 3 is 2.55 bits per heavy atom. The number of nitrogens with zero attached hydrogens (tertiary/aromatic N) is 1. The third kappa shape index (κ3) is 3.90. The standard InChI is InChI=1S/C14H20F2N2O2/c1-9(2)18(3)8-7-17-11-6-5-10(14(19)20-4)12(15)13(11)16/h5-6,9,17H,7-8H2,1-4H3. The molecule has 1 N–H and O–H groups in total. The van der Waals surface area contributed by atoms with Crippen LogP contribution >= 0.6 is 0 Å². The van der Waals surface area contributed by atoms with Gasteiger partial charge in [-0.2, -0.15) is 0 Å². The van der Waals surface area contributed by atoms with Gasteiger partial charge >= 0.3 is 5.97 Å². The maximum Gasteiger partial charge on any atom is 0.340 e. The van der Waals surface area contributed by atoms with Gasteiger partial charge in [-0.25, -0.2) is 13.6 Å². The summed E-state index contributed by atoms with van der Waals surface area (Å²) in [7, 11) is 3.07. The molecule has 1 aromatic carbocycles. The van der Waals surface area contributed by atoms with E-state index in [1.807, 2.05) is 20.9 Å². The van der Waals surface area contributed by atoms with Crippen molar-refractivity contribution >= 4 is 11.7 Å². The topological polar surface area (TPSA) is 41.6 Å². The first kappa shape index (κ1) is 16.4. The van der Waals surface area contributed by atoms with Crippen LogP contribution in [0.25, 0.3) is 0 Å². The van der Waals surface area contributed by atoms with Gasteiger partial charge in [0.2, 0.25) is 0 Å². The van der Waals surface area contributed by atoms with Crippen LogP contribution in [0.15, 0.2) is 12.1 Å². The monoisotopic (exact) mass is 286 g/mol. The molecule has 0 saturated carbocycles. The van der Waals surface area contributed by atoms with Gasteiger partial charge in [-0.05, 0) is 33.0 Å². The molecule has 0 unspecified atom stereocenters. The Hall–Kier alpha value is -1.69. The Morgan fingerprint density at radius 1 is 1.35 bits per heavy atom. The van der Waals surface area contributed by atoms with Crippen LogP contribution in [0.3, 0.4) is 0 Å². The van der Waals surface area contributed by atoms with Crippen molar-refractivity contribution in [2.24, 2.45) is 0 Å². The lowest BCUT2D eigenvalue weighted by molar-refractivity contribution is 0.0594. The Kier molecular flexibility index (Phi) is 5.88. The van der Waals surface area contributed by atoms with E-state index in [1.165, 1.54) is 12.1 Å². The summed E-state index contributed by atoms with van der Waals surface area (Å²) < 4.78 is 31.8. The number of hydrogen-bond donors (Lipinski definition) is 1. The van der Waals surface area contributed by atoms with E-state index in [4.69, 9.17) is 0 Å². The van der Waals surface area contributed by atoms with E-state index in [1.54, 1.807) is 0 Å². The van der Waals surface area contributed by atoms with Gasteiger partial charge in [0, 0.05) is 19.1 Å². The van der Waals surface area contributed by atoms with Crippen molar-refractivity contribution in [2.75, 3.05) is 32.6 Å². The fraction of sp³-hybridized carbons (Fsp3) is 0.500. The molecule has 0 radical (unpaired) electrons. The molecular weight excluding hydrogens is 266 g/mol. The average molecular weight is 286 g/mol. The number of carbonyl (C=O) groups excluding carboxylic acids is 1. The third-order valence-electron chi connectivity index (χ3n) is 3.15. The Balaban J connectivity index is 2.73. The molecule has 0 bridgehead atoms. The summed E-state index contributed by atoms with van der Waals surface area (Å²) in [5, 5.41) is 2.81. The molecule has 112 valence electrons. The number of benzene rings is 1.